The number of nitrogens with one attached hydrogen (secondary N) is 1. The number of hydrogen-bond acceptors (Lipinski definition) is 5. The maximum absolute atomic E-state index is 13.3. The lowest BCUT2D eigenvalue weighted by Crippen LogP contribution is -2.39. The van der Waals surface area contributed by atoms with E-state index in [0.29, 0.717) is 34.3 Å². The van der Waals surface area contributed by atoms with Crippen LogP contribution in [0.5, 0.6) is 5.75 Å². The second-order valence-corrected chi connectivity index (χ2v) is 9.09. The number of phenolic OH excluding ortho intramolecular Hbond substituents is 1. The molecule has 0 spiro atoms. The maximum atomic E-state index is 13.3. The third-order valence-corrected chi connectivity index (χ3v) is 7.25. The molecule has 31 heavy (non-hydrogen) atoms. The zero-order valence-electron chi connectivity index (χ0n) is 17.6. The molecule has 0 unspecified atom stereocenters. The molecule has 1 fully saturated rings. The van der Waals surface area contributed by atoms with Gasteiger partial charge in [-0.1, -0.05) is 23.8 Å². The Morgan fingerprint density at radius 1 is 0.968 bits per heavy atom. The largest absolute Gasteiger partial charge is 0.507 e. The Bertz CT molecular complexity index is 1180. The van der Waals surface area contributed by atoms with Gasteiger partial charge in [0.15, 0.2) is 11.6 Å². The normalized spacial score (nSPS) is 29.8. The van der Waals surface area contributed by atoms with Crippen LogP contribution in [-0.4, -0.2) is 28.5 Å². The predicted octanol–water partition coefficient (Wildman–Crippen LogP) is 2.73. The van der Waals surface area contributed by atoms with Crippen molar-refractivity contribution in [2.45, 2.75) is 39.5 Å². The van der Waals surface area contributed by atoms with Crippen molar-refractivity contribution in [1.29, 1.82) is 0 Å². The topological polar surface area (TPSA) is 101 Å². The molecule has 0 saturated carbocycles. The van der Waals surface area contributed by atoms with Crippen molar-refractivity contribution in [3.05, 3.63) is 63.3 Å². The first-order valence-corrected chi connectivity index (χ1v) is 10.5. The summed E-state index contributed by atoms with van der Waals surface area (Å²) >= 11 is 0. The number of aromatic hydroxyl groups is 1. The summed E-state index contributed by atoms with van der Waals surface area (Å²) in [5, 5.41) is 12.7. The fraction of sp³-hybridized carbons (Fsp3) is 0.360. The fourth-order valence-corrected chi connectivity index (χ4v) is 5.81. The molecule has 1 aromatic rings. The summed E-state index contributed by atoms with van der Waals surface area (Å²) in [5.41, 5.74) is 4.43. The monoisotopic (exact) mass is 417 g/mol. The minimum Gasteiger partial charge on any atom is -0.507 e. The molecule has 1 saturated heterocycles. The first-order chi connectivity index (χ1) is 14.7. The molecule has 0 aromatic heterocycles. The summed E-state index contributed by atoms with van der Waals surface area (Å²) in [5.74, 6) is -2.47. The van der Waals surface area contributed by atoms with Gasteiger partial charge in [0.05, 0.1) is 11.8 Å². The van der Waals surface area contributed by atoms with Gasteiger partial charge in [-0.3, -0.25) is 24.5 Å². The summed E-state index contributed by atoms with van der Waals surface area (Å²) in [6, 6.07) is 3.69. The minimum absolute atomic E-state index is 0.156. The van der Waals surface area contributed by atoms with E-state index >= 15 is 0 Å². The zero-order valence-corrected chi connectivity index (χ0v) is 17.6. The van der Waals surface area contributed by atoms with E-state index in [4.69, 9.17) is 0 Å². The van der Waals surface area contributed by atoms with Crippen molar-refractivity contribution >= 4 is 23.4 Å². The van der Waals surface area contributed by atoms with Gasteiger partial charge in [-0.2, -0.15) is 0 Å². The molecular weight excluding hydrogens is 394 g/mol. The number of amides is 2. The van der Waals surface area contributed by atoms with Crippen LogP contribution in [0.15, 0.2) is 46.6 Å². The predicted molar refractivity (Wildman–Crippen MR) is 112 cm³/mol. The number of hydrogen-bond donors (Lipinski definition) is 2. The van der Waals surface area contributed by atoms with Crippen LogP contribution >= 0.6 is 0 Å². The first-order valence-electron chi connectivity index (χ1n) is 10.5. The highest BCUT2D eigenvalue weighted by Gasteiger charge is 2.53. The smallest absolute Gasteiger partial charge is 0.231 e. The fourth-order valence-electron chi connectivity index (χ4n) is 5.81. The number of carbonyl (C=O) groups excluding carboxylic acids is 4. The Labute approximate surface area is 179 Å². The van der Waals surface area contributed by atoms with Gasteiger partial charge >= 0.3 is 0 Å². The molecular formula is C25H23NO5. The number of ketones is 2. The van der Waals surface area contributed by atoms with Crippen molar-refractivity contribution in [2.75, 3.05) is 0 Å². The van der Waals surface area contributed by atoms with Gasteiger partial charge in [0, 0.05) is 22.6 Å². The highest BCUT2D eigenvalue weighted by atomic mass is 16.3. The summed E-state index contributed by atoms with van der Waals surface area (Å²) in [6.07, 6.45) is 4.08. The molecule has 1 aliphatic heterocycles. The van der Waals surface area contributed by atoms with E-state index in [2.05, 4.69) is 5.32 Å². The van der Waals surface area contributed by atoms with Crippen molar-refractivity contribution < 1.29 is 24.3 Å². The van der Waals surface area contributed by atoms with Crippen molar-refractivity contribution in [3.63, 3.8) is 0 Å². The summed E-state index contributed by atoms with van der Waals surface area (Å²) in [4.78, 5) is 51.1. The lowest BCUT2D eigenvalue weighted by atomic mass is 9.59. The Morgan fingerprint density at radius 2 is 1.65 bits per heavy atom. The molecule has 4 atom stereocenters. The van der Waals surface area contributed by atoms with E-state index in [9.17, 15) is 24.3 Å². The molecule has 2 amide bonds. The van der Waals surface area contributed by atoms with E-state index in [1.165, 1.54) is 6.08 Å². The lowest BCUT2D eigenvalue weighted by Gasteiger charge is -2.42. The van der Waals surface area contributed by atoms with Gasteiger partial charge < -0.3 is 5.11 Å². The van der Waals surface area contributed by atoms with Crippen LogP contribution in [0.1, 0.15) is 42.4 Å². The Balaban J connectivity index is 1.75. The molecule has 158 valence electrons. The van der Waals surface area contributed by atoms with Gasteiger partial charge in [0.1, 0.15) is 5.75 Å². The molecule has 6 nitrogen and oxygen atoms in total. The van der Waals surface area contributed by atoms with Crippen molar-refractivity contribution in [2.24, 2.45) is 17.8 Å². The Morgan fingerprint density at radius 3 is 2.32 bits per heavy atom. The molecule has 5 rings (SSSR count). The first kappa shape index (κ1) is 19.7. The number of fused-ring (bicyclic) bond motifs is 3. The maximum Gasteiger partial charge on any atom is 0.231 e. The SMILES string of the molecule is CC1=CC(=O)C2=C(C1=O)[C@@H](c1cc(C)c(O)c(C)c1)C1=CC[C@@H]3C(=O)NC(=O)[C@@H]3[C@@H]1C2. The van der Waals surface area contributed by atoms with Gasteiger partial charge in [0.2, 0.25) is 11.8 Å². The standard InChI is InChI=1S/C25H23NO5/c1-10-6-13(7-11(2)22(10)28)19-14-4-5-15-20(25(31)26-24(15)30)16(14)9-17-18(27)8-12(3)23(29)21(17)19/h4,6-8,15-16,19-20,28H,5,9H2,1-3H3,(H,26,30,31)/t15-,16+,19-,20-/m0/s1. The van der Waals surface area contributed by atoms with Crippen LogP contribution in [0.3, 0.4) is 0 Å². The summed E-state index contributed by atoms with van der Waals surface area (Å²) < 4.78 is 0. The van der Waals surface area contributed by atoms with Crippen molar-refractivity contribution in [3.8, 4) is 5.75 Å². The van der Waals surface area contributed by atoms with Gasteiger partial charge in [-0.25, -0.2) is 0 Å². The second kappa shape index (κ2) is 6.61. The summed E-state index contributed by atoms with van der Waals surface area (Å²) in [7, 11) is 0. The van der Waals surface area contributed by atoms with Crippen LogP contribution in [0, 0.1) is 31.6 Å². The number of allylic oxidation sites excluding steroid dienone is 6. The van der Waals surface area contributed by atoms with E-state index in [1.54, 1.807) is 20.8 Å². The van der Waals surface area contributed by atoms with Gasteiger partial charge in [-0.05, 0) is 62.3 Å². The molecule has 2 N–H and O–H groups in total. The third kappa shape index (κ3) is 2.70. The average Bonchev–Trinajstić information content (AvgIpc) is 3.02. The lowest BCUT2D eigenvalue weighted by molar-refractivity contribution is -0.126. The van der Waals surface area contributed by atoms with Crippen LogP contribution in [0.2, 0.25) is 0 Å². The van der Waals surface area contributed by atoms with Crippen molar-refractivity contribution in [1.82, 2.24) is 5.32 Å². The van der Waals surface area contributed by atoms with Crippen LogP contribution < -0.4 is 5.32 Å². The average molecular weight is 417 g/mol. The number of aryl methyl sites for hydroxylation is 2. The highest BCUT2D eigenvalue weighted by Crippen LogP contribution is 2.54. The van der Waals surface area contributed by atoms with Crippen LogP contribution in [-0.2, 0) is 19.2 Å². The molecule has 4 aliphatic rings. The molecule has 0 radical (unpaired) electrons. The number of rotatable bonds is 1. The van der Waals surface area contributed by atoms with Gasteiger partial charge in [-0.15, -0.1) is 0 Å². The van der Waals surface area contributed by atoms with Crippen LogP contribution in [0.4, 0.5) is 0 Å². The van der Waals surface area contributed by atoms with E-state index < -0.39 is 17.8 Å². The number of carbonyl (C=O) groups is 4. The molecule has 1 heterocycles. The van der Waals surface area contributed by atoms with Crippen LogP contribution in [0.25, 0.3) is 0 Å². The van der Waals surface area contributed by atoms with E-state index in [0.717, 1.165) is 11.1 Å². The third-order valence-electron chi connectivity index (χ3n) is 7.25. The molecule has 3 aliphatic carbocycles. The number of Topliss-reactive ketones (excluding diaryl/α,β-unsaturated/α-hetero) is 1. The Kier molecular flexibility index (Phi) is 4.19. The summed E-state index contributed by atoms with van der Waals surface area (Å²) in [6.45, 7) is 5.25. The number of phenols is 1. The second-order valence-electron chi connectivity index (χ2n) is 9.09. The molecule has 1 aromatic carbocycles. The number of imide groups is 1. The molecule has 0 bridgehead atoms. The van der Waals surface area contributed by atoms with E-state index in [1.807, 2.05) is 18.2 Å². The quantitative estimate of drug-likeness (QED) is 0.416. The zero-order chi connectivity index (χ0) is 22.2. The highest BCUT2D eigenvalue weighted by molar-refractivity contribution is 6.23. The minimum atomic E-state index is -0.529. The number of benzene rings is 1. The van der Waals surface area contributed by atoms with E-state index in [-0.39, 0.29) is 41.5 Å². The van der Waals surface area contributed by atoms with Gasteiger partial charge in [0.25, 0.3) is 0 Å². The molecule has 6 heteroatoms. The Hall–Kier alpha value is -3.28.